The van der Waals surface area contributed by atoms with Crippen molar-refractivity contribution in [2.24, 2.45) is 11.1 Å². The van der Waals surface area contributed by atoms with Crippen LogP contribution in [0.15, 0.2) is 10.9 Å². The number of halogens is 1. The highest BCUT2D eigenvalue weighted by atomic mass is 35.5. The van der Waals surface area contributed by atoms with E-state index in [1.54, 1.807) is 0 Å². The molecule has 140 valence electrons. The molecular formula is C18H28ClN3O3. The predicted molar refractivity (Wildman–Crippen MR) is 101 cm³/mol. The van der Waals surface area contributed by atoms with Crippen LogP contribution in [0.1, 0.15) is 72.9 Å². The number of ketones is 1. The number of H-pyrrole nitrogens is 1. The number of amides is 1. The Kier molecular flexibility index (Phi) is 7.38. The van der Waals surface area contributed by atoms with Crippen LogP contribution in [0.3, 0.4) is 0 Å². The molecule has 1 heterocycles. The van der Waals surface area contributed by atoms with Gasteiger partial charge in [-0.2, -0.15) is 0 Å². The van der Waals surface area contributed by atoms with E-state index >= 15 is 0 Å². The van der Waals surface area contributed by atoms with Gasteiger partial charge in [-0.05, 0) is 24.3 Å². The van der Waals surface area contributed by atoms with E-state index in [0.29, 0.717) is 30.6 Å². The van der Waals surface area contributed by atoms with Crippen molar-refractivity contribution in [3.63, 3.8) is 0 Å². The van der Waals surface area contributed by atoms with Crippen LogP contribution in [0.2, 0.25) is 0 Å². The van der Waals surface area contributed by atoms with Crippen molar-refractivity contribution < 1.29 is 9.59 Å². The number of aromatic amines is 1. The van der Waals surface area contributed by atoms with E-state index in [0.717, 1.165) is 19.3 Å². The van der Waals surface area contributed by atoms with Crippen LogP contribution in [-0.4, -0.2) is 29.3 Å². The van der Waals surface area contributed by atoms with Crippen LogP contribution >= 0.6 is 12.4 Å². The third-order valence-corrected chi connectivity index (χ3v) is 4.49. The molecule has 1 atom stereocenters. The molecular weight excluding hydrogens is 342 g/mol. The number of carbonyl (C=O) groups is 2. The van der Waals surface area contributed by atoms with E-state index in [1.807, 2.05) is 13.8 Å². The first-order chi connectivity index (χ1) is 11.3. The monoisotopic (exact) mass is 369 g/mol. The number of unbranched alkanes of at least 4 members (excludes halogenated alkanes) is 1. The molecule has 1 aromatic heterocycles. The number of aromatic nitrogens is 1. The van der Waals surface area contributed by atoms with E-state index in [-0.39, 0.29) is 35.2 Å². The first kappa shape index (κ1) is 21.4. The minimum Gasteiger partial charge on any atom is -0.348 e. The molecule has 0 saturated heterocycles. The van der Waals surface area contributed by atoms with Gasteiger partial charge in [-0.25, -0.2) is 0 Å². The van der Waals surface area contributed by atoms with E-state index < -0.39 is 11.5 Å². The number of Topliss-reactive ketones (excluding diaryl/α,β-unsaturated/α-hetero) is 1. The Labute approximate surface area is 154 Å². The first-order valence-electron chi connectivity index (χ1n) is 8.57. The van der Waals surface area contributed by atoms with Gasteiger partial charge in [0.2, 0.25) is 0 Å². The van der Waals surface area contributed by atoms with Gasteiger partial charge in [-0.3, -0.25) is 14.4 Å². The molecule has 1 aliphatic rings. The van der Waals surface area contributed by atoms with Gasteiger partial charge >= 0.3 is 0 Å². The van der Waals surface area contributed by atoms with Crippen LogP contribution in [-0.2, 0) is 6.42 Å². The second-order valence-corrected chi connectivity index (χ2v) is 7.39. The quantitative estimate of drug-likeness (QED) is 0.714. The Bertz CT molecular complexity index is 697. The van der Waals surface area contributed by atoms with Crippen LogP contribution in [0, 0.1) is 5.41 Å². The number of rotatable bonds is 6. The largest absolute Gasteiger partial charge is 0.348 e. The molecule has 0 saturated carbocycles. The smallest absolute Gasteiger partial charge is 0.261 e. The van der Waals surface area contributed by atoms with Crippen molar-refractivity contribution in [2.45, 2.75) is 58.9 Å². The van der Waals surface area contributed by atoms with Gasteiger partial charge in [-0.15, -0.1) is 12.4 Å². The maximum absolute atomic E-state index is 12.4. The minimum absolute atomic E-state index is 0. The summed E-state index contributed by atoms with van der Waals surface area (Å²) in [6, 6.07) is 1.27. The Hall–Kier alpha value is -1.66. The van der Waals surface area contributed by atoms with Crippen molar-refractivity contribution in [1.82, 2.24) is 10.3 Å². The van der Waals surface area contributed by atoms with Crippen molar-refractivity contribution in [2.75, 3.05) is 6.54 Å². The SMILES string of the molecule is CCCCC(CN)NC(=O)c1cc2c([nH]c1=O)CC(C)(C)CC2=O.Cl. The van der Waals surface area contributed by atoms with Gasteiger partial charge in [0.05, 0.1) is 0 Å². The fourth-order valence-electron chi connectivity index (χ4n) is 3.16. The lowest BCUT2D eigenvalue weighted by molar-refractivity contribution is 0.0910. The normalized spacial score (nSPS) is 16.6. The summed E-state index contributed by atoms with van der Waals surface area (Å²) in [5, 5.41) is 2.80. The molecule has 2 rings (SSSR count). The van der Waals surface area contributed by atoms with Crippen molar-refractivity contribution in [3.8, 4) is 0 Å². The van der Waals surface area contributed by atoms with E-state index in [2.05, 4.69) is 17.2 Å². The standard InChI is InChI=1S/C18H27N3O3.ClH/c1-4-5-6-11(10-19)20-16(23)13-7-12-14(21-17(13)24)8-18(2,3)9-15(12)22;/h7,11H,4-6,8-10,19H2,1-3H3,(H,20,23)(H,21,24);1H. The van der Waals surface area contributed by atoms with Crippen LogP contribution in [0.25, 0.3) is 0 Å². The second-order valence-electron chi connectivity index (χ2n) is 7.39. The average molecular weight is 370 g/mol. The molecule has 1 aromatic rings. The molecule has 1 aliphatic carbocycles. The van der Waals surface area contributed by atoms with E-state index in [4.69, 9.17) is 5.73 Å². The maximum Gasteiger partial charge on any atom is 0.261 e. The topological polar surface area (TPSA) is 105 Å². The number of hydrogen-bond acceptors (Lipinski definition) is 4. The van der Waals surface area contributed by atoms with Gasteiger partial charge < -0.3 is 16.0 Å². The summed E-state index contributed by atoms with van der Waals surface area (Å²) in [6.45, 7) is 6.37. The second kappa shape index (κ2) is 8.63. The van der Waals surface area contributed by atoms with Crippen molar-refractivity contribution in [1.29, 1.82) is 0 Å². The van der Waals surface area contributed by atoms with Gasteiger partial charge in [0.1, 0.15) is 5.56 Å². The van der Waals surface area contributed by atoms with Gasteiger partial charge in [-0.1, -0.05) is 33.6 Å². The molecule has 7 heteroatoms. The van der Waals surface area contributed by atoms with Gasteiger partial charge in [0, 0.05) is 30.3 Å². The Morgan fingerprint density at radius 3 is 2.64 bits per heavy atom. The lowest BCUT2D eigenvalue weighted by Crippen LogP contribution is -2.42. The summed E-state index contributed by atoms with van der Waals surface area (Å²) >= 11 is 0. The summed E-state index contributed by atoms with van der Waals surface area (Å²) in [5.74, 6) is -0.504. The highest BCUT2D eigenvalue weighted by Crippen LogP contribution is 2.33. The Morgan fingerprint density at radius 2 is 2.04 bits per heavy atom. The fourth-order valence-corrected chi connectivity index (χ4v) is 3.16. The molecule has 0 fully saturated rings. The van der Waals surface area contributed by atoms with E-state index in [1.165, 1.54) is 6.07 Å². The highest BCUT2D eigenvalue weighted by molar-refractivity contribution is 6.02. The fraction of sp³-hybridized carbons (Fsp3) is 0.611. The average Bonchev–Trinajstić information content (AvgIpc) is 2.49. The molecule has 0 aromatic carbocycles. The number of carbonyl (C=O) groups excluding carboxylic acids is 2. The summed E-state index contributed by atoms with van der Waals surface area (Å²) in [6.07, 6.45) is 3.77. The number of nitrogens with two attached hydrogens (primary N) is 1. The molecule has 0 bridgehead atoms. The molecule has 6 nitrogen and oxygen atoms in total. The summed E-state index contributed by atoms with van der Waals surface area (Å²) in [7, 11) is 0. The molecule has 25 heavy (non-hydrogen) atoms. The number of fused-ring (bicyclic) bond motifs is 1. The zero-order valence-corrected chi connectivity index (χ0v) is 15.9. The van der Waals surface area contributed by atoms with Gasteiger partial charge in [0.15, 0.2) is 5.78 Å². The van der Waals surface area contributed by atoms with Crippen molar-refractivity contribution >= 4 is 24.1 Å². The summed E-state index contributed by atoms with van der Waals surface area (Å²) in [5.41, 5.74) is 6.11. The lowest BCUT2D eigenvalue weighted by atomic mass is 9.75. The number of pyridine rings is 1. The molecule has 1 amide bonds. The zero-order valence-electron chi connectivity index (χ0n) is 15.1. The first-order valence-corrected chi connectivity index (χ1v) is 8.57. The minimum atomic E-state index is -0.469. The third kappa shape index (κ3) is 5.16. The van der Waals surface area contributed by atoms with Crippen molar-refractivity contribution in [3.05, 3.63) is 33.2 Å². The number of nitrogens with one attached hydrogen (secondary N) is 2. The van der Waals surface area contributed by atoms with E-state index in [9.17, 15) is 14.4 Å². The summed E-state index contributed by atoms with van der Waals surface area (Å²) in [4.78, 5) is 39.8. The number of hydrogen-bond donors (Lipinski definition) is 3. The molecule has 1 unspecified atom stereocenters. The molecule has 0 spiro atoms. The third-order valence-electron chi connectivity index (χ3n) is 4.49. The van der Waals surface area contributed by atoms with Crippen LogP contribution in [0.5, 0.6) is 0 Å². The molecule has 4 N–H and O–H groups in total. The maximum atomic E-state index is 12.4. The lowest BCUT2D eigenvalue weighted by Gasteiger charge is -2.29. The highest BCUT2D eigenvalue weighted by Gasteiger charge is 2.32. The molecule has 0 radical (unpaired) electrons. The predicted octanol–water partition coefficient (Wildman–Crippen LogP) is 2.20. The zero-order chi connectivity index (χ0) is 17.9. The summed E-state index contributed by atoms with van der Waals surface area (Å²) < 4.78 is 0. The van der Waals surface area contributed by atoms with Crippen LogP contribution in [0.4, 0.5) is 0 Å². The Morgan fingerprint density at radius 1 is 1.36 bits per heavy atom. The van der Waals surface area contributed by atoms with Gasteiger partial charge in [0.25, 0.3) is 11.5 Å². The van der Waals surface area contributed by atoms with Crippen LogP contribution < -0.4 is 16.6 Å². The Balaban J connectivity index is 0.00000312. The molecule has 0 aliphatic heterocycles.